The third-order valence-corrected chi connectivity index (χ3v) is 3.81. The van der Waals surface area contributed by atoms with Crippen molar-refractivity contribution in [2.24, 2.45) is 14.1 Å². The molecule has 0 unspecified atom stereocenters. The maximum absolute atomic E-state index is 12.3. The lowest BCUT2D eigenvalue weighted by Crippen LogP contribution is -2.38. The maximum atomic E-state index is 12.3. The number of hydrogen-bond donors (Lipinski definition) is 0. The van der Waals surface area contributed by atoms with Crippen molar-refractivity contribution in [3.05, 3.63) is 27.2 Å². The Bertz CT molecular complexity index is 830. The van der Waals surface area contributed by atoms with Crippen molar-refractivity contribution >= 4 is 17.1 Å². The molecule has 0 N–H and O–H groups in total. The average molecular weight is 322 g/mol. The summed E-state index contributed by atoms with van der Waals surface area (Å²) in [6.07, 6.45) is 3.66. The molecule has 0 saturated heterocycles. The minimum Gasteiger partial charge on any atom is -0.463 e. The molecule has 23 heavy (non-hydrogen) atoms. The van der Waals surface area contributed by atoms with Crippen LogP contribution in [0, 0.1) is 0 Å². The molecule has 0 spiro atoms. The van der Waals surface area contributed by atoms with Crippen LogP contribution in [0.1, 0.15) is 33.1 Å². The minimum atomic E-state index is -0.366. The molecule has 1 atom stereocenters. The molecule has 0 fully saturated rings. The molecule has 0 aliphatic heterocycles. The number of hydrogen-bond acceptors (Lipinski definition) is 5. The number of fused-ring (bicyclic) bond motifs is 1. The van der Waals surface area contributed by atoms with E-state index < -0.39 is 0 Å². The number of ether oxygens (including phenoxy) is 1. The molecular formula is C15H22N4O4. The van der Waals surface area contributed by atoms with E-state index in [1.165, 1.54) is 24.9 Å². The second-order valence-electron chi connectivity index (χ2n) is 5.74. The molecule has 8 nitrogen and oxygen atoms in total. The lowest BCUT2D eigenvalue weighted by molar-refractivity contribution is -0.145. The first-order chi connectivity index (χ1) is 10.8. The zero-order chi connectivity index (χ0) is 17.1. The molecule has 0 aromatic carbocycles. The number of unbranched alkanes of at least 4 members (excludes halogenated alkanes) is 1. The predicted molar refractivity (Wildman–Crippen MR) is 85.3 cm³/mol. The van der Waals surface area contributed by atoms with Gasteiger partial charge in [-0.3, -0.25) is 18.7 Å². The first-order valence-corrected chi connectivity index (χ1v) is 7.61. The van der Waals surface area contributed by atoms with Crippen molar-refractivity contribution in [2.45, 2.75) is 45.8 Å². The van der Waals surface area contributed by atoms with Gasteiger partial charge in [-0.15, -0.1) is 0 Å². The Morgan fingerprint density at radius 2 is 2.00 bits per heavy atom. The number of aromatic nitrogens is 4. The molecule has 0 radical (unpaired) electrons. The largest absolute Gasteiger partial charge is 0.463 e. The normalized spacial score (nSPS) is 12.5. The van der Waals surface area contributed by atoms with E-state index >= 15 is 0 Å². The maximum Gasteiger partial charge on any atom is 0.332 e. The summed E-state index contributed by atoms with van der Waals surface area (Å²) in [6, 6.07) is 0. The fraction of sp³-hybridized carbons (Fsp3) is 0.600. The molecule has 2 rings (SSSR count). The molecule has 2 aromatic heterocycles. The van der Waals surface area contributed by atoms with Gasteiger partial charge in [0.25, 0.3) is 5.56 Å². The Balaban J connectivity index is 2.14. The van der Waals surface area contributed by atoms with Gasteiger partial charge in [-0.25, -0.2) is 9.78 Å². The monoisotopic (exact) mass is 322 g/mol. The van der Waals surface area contributed by atoms with E-state index in [4.69, 9.17) is 4.74 Å². The van der Waals surface area contributed by atoms with Crippen molar-refractivity contribution in [3.63, 3.8) is 0 Å². The zero-order valence-corrected chi connectivity index (χ0v) is 13.9. The van der Waals surface area contributed by atoms with E-state index in [9.17, 15) is 14.4 Å². The van der Waals surface area contributed by atoms with E-state index in [2.05, 4.69) is 4.98 Å². The molecular weight excluding hydrogens is 300 g/mol. The van der Waals surface area contributed by atoms with Gasteiger partial charge in [-0.05, 0) is 26.2 Å². The second kappa shape index (κ2) is 6.80. The number of nitrogens with zero attached hydrogens (tertiary/aromatic N) is 4. The van der Waals surface area contributed by atoms with Crippen molar-refractivity contribution in [1.29, 1.82) is 0 Å². The fourth-order valence-electron chi connectivity index (χ4n) is 2.62. The zero-order valence-electron chi connectivity index (χ0n) is 13.9. The molecule has 2 aromatic rings. The predicted octanol–water partition coefficient (Wildman–Crippen LogP) is 0.556. The van der Waals surface area contributed by atoms with Gasteiger partial charge in [-0.2, -0.15) is 0 Å². The van der Waals surface area contributed by atoms with E-state index in [1.54, 1.807) is 11.6 Å². The molecule has 0 aliphatic carbocycles. The quantitative estimate of drug-likeness (QED) is 0.572. The Labute approximate surface area is 133 Å². The number of rotatable bonds is 6. The highest BCUT2D eigenvalue weighted by Crippen LogP contribution is 2.09. The summed E-state index contributed by atoms with van der Waals surface area (Å²) < 4.78 is 9.31. The molecule has 0 bridgehead atoms. The van der Waals surface area contributed by atoms with Crippen LogP contribution in [0.5, 0.6) is 0 Å². The summed E-state index contributed by atoms with van der Waals surface area (Å²) in [7, 11) is 3.20. The second-order valence-corrected chi connectivity index (χ2v) is 5.74. The van der Waals surface area contributed by atoms with Crippen LogP contribution in [0.4, 0.5) is 0 Å². The average Bonchev–Trinajstić information content (AvgIpc) is 2.85. The molecule has 8 heteroatoms. The SMILES string of the molecule is CC(=O)O[C@H](C)CCCCn1c(=O)n(C)c(=O)c2c1ncn2C. The van der Waals surface area contributed by atoms with E-state index in [-0.39, 0.29) is 23.3 Å². The molecule has 0 amide bonds. The lowest BCUT2D eigenvalue weighted by atomic mass is 10.1. The minimum absolute atomic E-state index is 0.140. The van der Waals surface area contributed by atoms with Crippen LogP contribution in [0.3, 0.4) is 0 Å². The Morgan fingerprint density at radius 1 is 1.30 bits per heavy atom. The van der Waals surface area contributed by atoms with Gasteiger partial charge in [0.05, 0.1) is 12.4 Å². The number of imidazole rings is 1. The lowest BCUT2D eigenvalue weighted by Gasteiger charge is -2.12. The van der Waals surface area contributed by atoms with Crippen LogP contribution in [0.2, 0.25) is 0 Å². The highest BCUT2D eigenvalue weighted by Gasteiger charge is 2.14. The summed E-state index contributed by atoms with van der Waals surface area (Å²) in [6.45, 7) is 3.70. The van der Waals surface area contributed by atoms with E-state index in [0.29, 0.717) is 17.7 Å². The van der Waals surface area contributed by atoms with Crippen molar-refractivity contribution in [2.75, 3.05) is 0 Å². The first kappa shape index (κ1) is 17.0. The van der Waals surface area contributed by atoms with Crippen molar-refractivity contribution in [1.82, 2.24) is 18.7 Å². The Kier molecular flexibility index (Phi) is 5.02. The van der Waals surface area contributed by atoms with Gasteiger partial charge < -0.3 is 9.30 Å². The van der Waals surface area contributed by atoms with Gasteiger partial charge in [0.1, 0.15) is 0 Å². The summed E-state index contributed by atoms with van der Waals surface area (Å²) in [5, 5.41) is 0. The summed E-state index contributed by atoms with van der Waals surface area (Å²) in [5.74, 6) is -0.290. The topological polar surface area (TPSA) is 88.1 Å². The fourth-order valence-corrected chi connectivity index (χ4v) is 2.62. The van der Waals surface area contributed by atoms with Gasteiger partial charge in [0.2, 0.25) is 0 Å². The number of carbonyl (C=O) groups excluding carboxylic acids is 1. The highest BCUT2D eigenvalue weighted by molar-refractivity contribution is 5.69. The number of aryl methyl sites for hydroxylation is 2. The van der Waals surface area contributed by atoms with Gasteiger partial charge in [0, 0.05) is 27.6 Å². The molecule has 0 saturated carbocycles. The number of esters is 1. The third-order valence-electron chi connectivity index (χ3n) is 3.81. The van der Waals surface area contributed by atoms with E-state index in [0.717, 1.165) is 23.8 Å². The summed E-state index contributed by atoms with van der Waals surface area (Å²) in [5.41, 5.74) is 0.119. The third kappa shape index (κ3) is 3.52. The highest BCUT2D eigenvalue weighted by atomic mass is 16.5. The van der Waals surface area contributed by atoms with Gasteiger partial charge in [-0.1, -0.05) is 0 Å². The van der Waals surface area contributed by atoms with Crippen LogP contribution in [0.15, 0.2) is 15.9 Å². The van der Waals surface area contributed by atoms with Crippen LogP contribution >= 0.6 is 0 Å². The van der Waals surface area contributed by atoms with Crippen LogP contribution in [0.25, 0.3) is 11.2 Å². The van der Waals surface area contributed by atoms with Crippen LogP contribution in [-0.4, -0.2) is 30.8 Å². The Morgan fingerprint density at radius 3 is 2.65 bits per heavy atom. The Hall–Kier alpha value is -2.38. The standard InChI is InChI=1S/C15H22N4O4/c1-10(23-11(2)20)7-5-6-8-19-13-12(17(3)9-16-13)14(21)18(4)15(19)22/h9-10H,5-8H2,1-4H3/t10-/m1/s1. The smallest absolute Gasteiger partial charge is 0.332 e. The molecule has 126 valence electrons. The molecule has 2 heterocycles. The van der Waals surface area contributed by atoms with Gasteiger partial charge in [0.15, 0.2) is 11.2 Å². The number of carbonyl (C=O) groups is 1. The first-order valence-electron chi connectivity index (χ1n) is 7.61. The summed E-state index contributed by atoms with van der Waals surface area (Å²) >= 11 is 0. The van der Waals surface area contributed by atoms with Crippen LogP contribution in [-0.2, 0) is 30.2 Å². The van der Waals surface area contributed by atoms with Crippen molar-refractivity contribution < 1.29 is 9.53 Å². The van der Waals surface area contributed by atoms with Gasteiger partial charge >= 0.3 is 11.7 Å². The van der Waals surface area contributed by atoms with Crippen LogP contribution < -0.4 is 11.2 Å². The van der Waals surface area contributed by atoms with Crippen molar-refractivity contribution in [3.8, 4) is 0 Å². The summed E-state index contributed by atoms with van der Waals surface area (Å²) in [4.78, 5) is 39.5. The van der Waals surface area contributed by atoms with E-state index in [1.807, 2.05) is 6.92 Å². The molecule has 0 aliphatic rings.